The highest BCUT2D eigenvalue weighted by Gasteiger charge is 2.52. The molecule has 3 unspecified atom stereocenters. The third kappa shape index (κ3) is 18.5. The standard InChI is InChI=1S/C42H34O25.3C8H8O4/c43-18(13-3-19(44)30(53)20(45)4-13)1-2-28-36(65-39(60)15-7-23(48)32(55)24(49)8-15)35(58)37(42(64-28)67-41(62)16-9-25(50)33(56)26(51)10-16)66-40(61)17-11-27(52)34(57)29(12-17)63-38(59)14-5-21(46)31(54)22(47)6-14;3*1-4(9)5-2-6(10)8(12)7(11)3-5/h3-12,28,35-37,42,44-58H,1-2H2;3*2-3,10-12H,1H3/t28?,35?,36-,37+,42?;;;/m1.../s1. The minimum Gasteiger partial charge on any atom is -0.504 e. The van der Waals surface area contributed by atoms with Gasteiger partial charge in [0.25, 0.3) is 0 Å². The molecule has 0 aromatic heterocycles. The molecule has 1 aliphatic heterocycles. The Balaban J connectivity index is 0.000000370. The molecule has 1 saturated heterocycles. The summed E-state index contributed by atoms with van der Waals surface area (Å²) in [7, 11) is 0. The maximum atomic E-state index is 13.8. The van der Waals surface area contributed by atoms with Gasteiger partial charge in [-0.2, -0.15) is 0 Å². The van der Waals surface area contributed by atoms with E-state index in [1.165, 1.54) is 20.8 Å². The molecule has 37 nitrogen and oxygen atoms in total. The predicted molar refractivity (Wildman–Crippen MR) is 337 cm³/mol. The summed E-state index contributed by atoms with van der Waals surface area (Å²) >= 11 is 0. The van der Waals surface area contributed by atoms with Gasteiger partial charge in [-0.25, -0.2) is 19.2 Å². The molecule has 103 heavy (non-hydrogen) atoms. The Kier molecular flexibility index (Phi) is 24.0. The van der Waals surface area contributed by atoms with Gasteiger partial charge >= 0.3 is 23.9 Å². The Morgan fingerprint density at radius 2 is 0.534 bits per heavy atom. The number of benzene rings is 8. The van der Waals surface area contributed by atoms with Crippen LogP contribution in [0.15, 0.2) is 97.1 Å². The quantitative estimate of drug-likeness (QED) is 0.0207. The fraction of sp³-hybridized carbons (Fsp3) is 0.152. The van der Waals surface area contributed by atoms with Crippen molar-refractivity contribution >= 4 is 47.0 Å². The zero-order valence-electron chi connectivity index (χ0n) is 52.6. The van der Waals surface area contributed by atoms with E-state index < -0.39 is 239 Å². The zero-order valence-corrected chi connectivity index (χ0v) is 52.6. The van der Waals surface area contributed by atoms with E-state index >= 15 is 0 Å². The van der Waals surface area contributed by atoms with Gasteiger partial charge in [0.1, 0.15) is 12.2 Å². The summed E-state index contributed by atoms with van der Waals surface area (Å²) in [6.45, 7) is 3.89. The van der Waals surface area contributed by atoms with Crippen LogP contribution in [0.1, 0.15) is 116 Å². The van der Waals surface area contributed by atoms with Crippen molar-refractivity contribution in [1.82, 2.24) is 0 Å². The highest BCUT2D eigenvalue weighted by molar-refractivity contribution is 5.99. The lowest BCUT2D eigenvalue weighted by Crippen LogP contribution is -2.61. The normalized spacial score (nSPS) is 15.0. The van der Waals surface area contributed by atoms with Crippen LogP contribution in [0, 0.1) is 0 Å². The number of aromatic hydroxyl groups is 23. The fourth-order valence-corrected chi connectivity index (χ4v) is 8.77. The molecule has 5 atom stereocenters. The maximum absolute atomic E-state index is 13.8. The first-order chi connectivity index (χ1) is 48.0. The third-order valence-corrected chi connectivity index (χ3v) is 14.2. The zero-order chi connectivity index (χ0) is 77.2. The van der Waals surface area contributed by atoms with Crippen molar-refractivity contribution in [3.8, 4) is 138 Å². The number of rotatable bonds is 15. The average molecular weight is 1440 g/mol. The lowest BCUT2D eigenvalue weighted by atomic mass is 9.93. The molecule has 0 aliphatic carbocycles. The summed E-state index contributed by atoms with van der Waals surface area (Å²) in [6, 6.07) is 13.0. The van der Waals surface area contributed by atoms with E-state index in [-0.39, 0.29) is 34.0 Å². The van der Waals surface area contributed by atoms with Crippen molar-refractivity contribution in [2.75, 3.05) is 0 Å². The number of ether oxygens (including phenoxy) is 5. The first-order valence-corrected chi connectivity index (χ1v) is 28.6. The van der Waals surface area contributed by atoms with Gasteiger partial charge in [-0.05, 0) is 124 Å². The summed E-state index contributed by atoms with van der Waals surface area (Å²) in [5.41, 5.74) is -2.77. The summed E-state index contributed by atoms with van der Waals surface area (Å²) in [5, 5.41) is 232. The molecule has 24 N–H and O–H groups in total. The summed E-state index contributed by atoms with van der Waals surface area (Å²) < 4.78 is 27.1. The molecule has 0 amide bonds. The smallest absolute Gasteiger partial charge is 0.343 e. The molecule has 9 rings (SSSR count). The molecule has 8 aromatic carbocycles. The van der Waals surface area contributed by atoms with Crippen LogP contribution in [0.25, 0.3) is 0 Å². The Morgan fingerprint density at radius 1 is 0.301 bits per heavy atom. The van der Waals surface area contributed by atoms with Crippen LogP contribution in [-0.4, -0.2) is 200 Å². The maximum Gasteiger partial charge on any atom is 0.343 e. The van der Waals surface area contributed by atoms with Crippen LogP contribution in [0.4, 0.5) is 0 Å². The van der Waals surface area contributed by atoms with Crippen LogP contribution in [0.2, 0.25) is 0 Å². The topological polar surface area (TPSA) is 668 Å². The van der Waals surface area contributed by atoms with Crippen LogP contribution in [-0.2, 0) is 18.9 Å². The van der Waals surface area contributed by atoms with Crippen molar-refractivity contribution in [2.24, 2.45) is 0 Å². The molecule has 544 valence electrons. The highest BCUT2D eigenvalue weighted by atomic mass is 16.7. The highest BCUT2D eigenvalue weighted by Crippen LogP contribution is 2.44. The Labute approximate surface area is 573 Å². The number of esters is 4. The third-order valence-electron chi connectivity index (χ3n) is 14.2. The predicted octanol–water partition coefficient (Wildman–Crippen LogP) is 5.16. The number of phenolic OH excluding ortho intramolecular Hbond substituents is 23. The van der Waals surface area contributed by atoms with E-state index in [2.05, 4.69) is 0 Å². The van der Waals surface area contributed by atoms with Crippen molar-refractivity contribution in [1.29, 1.82) is 0 Å². The van der Waals surface area contributed by atoms with Gasteiger partial charge in [-0.15, -0.1) is 0 Å². The Morgan fingerprint density at radius 3 is 0.825 bits per heavy atom. The number of Topliss-reactive ketones (excluding diaryl/α,β-unsaturated/α-hetero) is 4. The van der Waals surface area contributed by atoms with E-state index in [1.54, 1.807) is 0 Å². The molecule has 0 saturated carbocycles. The SMILES string of the molecule is CC(=O)c1cc(O)c(O)c(O)c1.CC(=O)c1cc(O)c(O)c(O)c1.CC(=O)c1cc(O)c(O)c(O)c1.O=C(CCC1OC(OC(=O)c2cc(O)c(O)c(O)c2)[C@@H](OC(=O)c2cc(O)c(O)c(OC(=O)c3cc(O)c(O)c(O)c3)c2)C(O)[C@@H]1OC(=O)c1cc(O)c(O)c(O)c1)c1cc(O)c(O)c(O)c1. The van der Waals surface area contributed by atoms with Crippen LogP contribution < -0.4 is 4.74 Å². The van der Waals surface area contributed by atoms with E-state index in [1.807, 2.05) is 0 Å². The number of carbonyl (C=O) groups is 8. The van der Waals surface area contributed by atoms with Crippen LogP contribution in [0.5, 0.6) is 138 Å². The number of carbonyl (C=O) groups excluding carboxylic acids is 8. The first-order valence-electron chi connectivity index (χ1n) is 28.6. The molecular weight excluding hydrogens is 1380 g/mol. The molecule has 37 heteroatoms. The monoisotopic (exact) mass is 1440 g/mol. The molecule has 0 bridgehead atoms. The van der Waals surface area contributed by atoms with Gasteiger partial charge < -0.3 is 146 Å². The van der Waals surface area contributed by atoms with Gasteiger partial charge in [0.2, 0.25) is 12.0 Å². The van der Waals surface area contributed by atoms with Gasteiger partial charge in [0.05, 0.1) is 22.3 Å². The number of aliphatic hydroxyl groups excluding tert-OH is 1. The van der Waals surface area contributed by atoms with E-state index in [0.717, 1.165) is 48.5 Å². The molecule has 0 radical (unpaired) electrons. The van der Waals surface area contributed by atoms with Gasteiger partial charge in [0.15, 0.2) is 168 Å². The number of phenols is 23. The van der Waals surface area contributed by atoms with Crippen LogP contribution in [0.3, 0.4) is 0 Å². The fourth-order valence-electron chi connectivity index (χ4n) is 8.77. The minimum absolute atomic E-state index is 0.155. The first kappa shape index (κ1) is 77.6. The second-order valence-electron chi connectivity index (χ2n) is 21.6. The minimum atomic E-state index is -2.44. The van der Waals surface area contributed by atoms with Gasteiger partial charge in [-0.1, -0.05) is 0 Å². The molecule has 1 heterocycles. The molecule has 1 fully saturated rings. The molecular formula is C66H58O37. The largest absolute Gasteiger partial charge is 0.504 e. The van der Waals surface area contributed by atoms with Crippen molar-refractivity contribution in [3.63, 3.8) is 0 Å². The van der Waals surface area contributed by atoms with Crippen molar-refractivity contribution in [3.05, 3.63) is 142 Å². The summed E-state index contributed by atoms with van der Waals surface area (Å²) in [5.74, 6) is -28.0. The van der Waals surface area contributed by atoms with Crippen LogP contribution >= 0.6 is 0 Å². The van der Waals surface area contributed by atoms with E-state index in [4.69, 9.17) is 69.6 Å². The lowest BCUT2D eigenvalue weighted by Gasteiger charge is -2.43. The summed E-state index contributed by atoms with van der Waals surface area (Å²) in [6.07, 6.45) is -12.5. The Hall–Kier alpha value is -14.4. The van der Waals surface area contributed by atoms with E-state index in [0.29, 0.717) is 48.5 Å². The van der Waals surface area contributed by atoms with Crippen molar-refractivity contribution in [2.45, 2.75) is 64.3 Å². The molecule has 1 aliphatic rings. The van der Waals surface area contributed by atoms with Gasteiger partial charge in [-0.3, -0.25) is 19.2 Å². The number of aliphatic hydroxyl groups is 1. The number of hydrogen-bond acceptors (Lipinski definition) is 37. The Bertz CT molecular complexity index is 4370. The average Bonchev–Trinajstić information content (AvgIpc) is 0.777. The molecule has 8 aromatic rings. The number of hydrogen-bond donors (Lipinski definition) is 24. The number of ketones is 4. The van der Waals surface area contributed by atoms with E-state index in [9.17, 15) is 115 Å². The van der Waals surface area contributed by atoms with Gasteiger partial charge in [0, 0.05) is 28.7 Å². The molecule has 0 spiro atoms. The lowest BCUT2D eigenvalue weighted by molar-refractivity contribution is -0.279. The second kappa shape index (κ2) is 31.9. The second-order valence-corrected chi connectivity index (χ2v) is 21.6. The van der Waals surface area contributed by atoms with Crippen molar-refractivity contribution < 1.29 is 185 Å². The summed E-state index contributed by atoms with van der Waals surface area (Å²) in [4.78, 5) is 99.2.